The molecule has 0 saturated carbocycles. The summed E-state index contributed by atoms with van der Waals surface area (Å²) in [4.78, 5) is 54.4. The van der Waals surface area contributed by atoms with Crippen LogP contribution in [0.3, 0.4) is 0 Å². The van der Waals surface area contributed by atoms with Gasteiger partial charge < -0.3 is 15.4 Å². The predicted octanol–water partition coefficient (Wildman–Crippen LogP) is 7.60. The first-order chi connectivity index (χ1) is 21.6. The first kappa shape index (κ1) is 32.3. The lowest BCUT2D eigenvalue weighted by Crippen LogP contribution is -2.31. The molecule has 45 heavy (non-hydrogen) atoms. The van der Waals surface area contributed by atoms with Gasteiger partial charge in [0, 0.05) is 32.6 Å². The van der Waals surface area contributed by atoms with E-state index in [2.05, 4.69) is 26.6 Å². The molecule has 0 bridgehead atoms. The highest BCUT2D eigenvalue weighted by atomic mass is 79.9. The van der Waals surface area contributed by atoms with Crippen LogP contribution in [-0.2, 0) is 14.4 Å². The van der Waals surface area contributed by atoms with Gasteiger partial charge in [0.2, 0.25) is 11.8 Å². The smallest absolute Gasteiger partial charge is 0.272 e. The fraction of sp³-hybridized carbons (Fsp3) is 0.0909. The zero-order valence-electron chi connectivity index (χ0n) is 23.6. The van der Waals surface area contributed by atoms with Gasteiger partial charge in [0.25, 0.3) is 11.8 Å². The second-order valence-corrected chi connectivity index (χ2v) is 12.7. The topological polar surface area (TPSA) is 105 Å². The Kier molecular flexibility index (Phi) is 10.3. The molecule has 4 aromatic carbocycles. The van der Waals surface area contributed by atoms with Gasteiger partial charge in [-0.1, -0.05) is 63.4 Å². The molecule has 0 radical (unpaired) electrons. The number of nitrogens with zero attached hydrogens (tertiary/aromatic N) is 1. The highest BCUT2D eigenvalue weighted by Crippen LogP contribution is 2.36. The van der Waals surface area contributed by atoms with Gasteiger partial charge in [-0.3, -0.25) is 19.2 Å². The SMILES string of the molecule is COc1ccc(Br)cc1/C=C(\NC(=O)c1ccccc1)C(=O)Nc1cccc(S[C@H]2CC(=O)N(c3ccc(Cl)c(Cl)c3)C2=O)c1. The number of rotatable bonds is 9. The molecular weight excluding hydrogens is 701 g/mol. The number of benzene rings is 4. The number of imide groups is 1. The van der Waals surface area contributed by atoms with Crippen LogP contribution in [0.5, 0.6) is 5.75 Å². The summed E-state index contributed by atoms with van der Waals surface area (Å²) in [6.45, 7) is 0. The molecule has 228 valence electrons. The van der Waals surface area contributed by atoms with Gasteiger partial charge in [-0.15, -0.1) is 11.8 Å². The summed E-state index contributed by atoms with van der Waals surface area (Å²) in [5, 5.41) is 5.41. The number of thioether (sulfide) groups is 1. The van der Waals surface area contributed by atoms with Crippen molar-refractivity contribution < 1.29 is 23.9 Å². The molecule has 0 aromatic heterocycles. The molecule has 0 spiro atoms. The summed E-state index contributed by atoms with van der Waals surface area (Å²) in [5.41, 5.74) is 1.69. The lowest BCUT2D eigenvalue weighted by Gasteiger charge is -2.16. The Labute approximate surface area is 281 Å². The van der Waals surface area contributed by atoms with Crippen molar-refractivity contribution in [3.05, 3.63) is 122 Å². The molecule has 5 rings (SSSR count). The molecule has 1 saturated heterocycles. The highest BCUT2D eigenvalue weighted by molar-refractivity contribution is 9.10. The van der Waals surface area contributed by atoms with Gasteiger partial charge in [-0.2, -0.15) is 0 Å². The van der Waals surface area contributed by atoms with E-state index in [0.29, 0.717) is 38.2 Å². The maximum Gasteiger partial charge on any atom is 0.272 e. The monoisotopic (exact) mass is 723 g/mol. The number of halogens is 3. The van der Waals surface area contributed by atoms with Gasteiger partial charge in [0.05, 0.1) is 28.1 Å². The number of hydrogen-bond acceptors (Lipinski definition) is 6. The zero-order valence-corrected chi connectivity index (χ0v) is 27.5. The third-order valence-electron chi connectivity index (χ3n) is 6.66. The summed E-state index contributed by atoms with van der Waals surface area (Å²) < 4.78 is 6.21. The van der Waals surface area contributed by atoms with Crippen LogP contribution in [0, 0.1) is 0 Å². The summed E-state index contributed by atoms with van der Waals surface area (Å²) in [6, 6.07) is 25.3. The normalized spacial score (nSPS) is 14.8. The Balaban J connectivity index is 1.36. The van der Waals surface area contributed by atoms with Crippen LogP contribution in [0.1, 0.15) is 22.3 Å². The zero-order chi connectivity index (χ0) is 32.1. The van der Waals surface area contributed by atoms with Crippen LogP contribution in [-0.4, -0.2) is 36.0 Å². The van der Waals surface area contributed by atoms with E-state index < -0.39 is 17.1 Å². The van der Waals surface area contributed by atoms with Gasteiger partial charge in [-0.25, -0.2) is 4.90 Å². The van der Waals surface area contributed by atoms with Crippen molar-refractivity contribution in [1.82, 2.24) is 5.32 Å². The molecule has 4 amide bonds. The number of ether oxygens (including phenoxy) is 1. The summed E-state index contributed by atoms with van der Waals surface area (Å²) in [6.07, 6.45) is 1.52. The number of carbonyl (C=O) groups is 4. The maximum absolute atomic E-state index is 13.6. The standard InChI is InChI=1S/C33H24BrCl2N3O5S/c1-44-28-13-10-21(34)14-20(28)15-27(38-31(41)19-6-3-2-4-7-19)32(42)37-22-8-5-9-24(16-22)45-29-18-30(40)39(33(29)43)23-11-12-25(35)26(36)17-23/h2-17,29H,18H2,1H3,(H,37,42)(H,38,41)/b27-15-/t29-/m0/s1. The molecule has 1 atom stereocenters. The fourth-order valence-electron chi connectivity index (χ4n) is 4.52. The Morgan fingerprint density at radius 3 is 2.47 bits per heavy atom. The minimum Gasteiger partial charge on any atom is -0.496 e. The highest BCUT2D eigenvalue weighted by Gasteiger charge is 2.40. The first-order valence-corrected chi connectivity index (χ1v) is 15.9. The van der Waals surface area contributed by atoms with E-state index in [4.69, 9.17) is 27.9 Å². The summed E-state index contributed by atoms with van der Waals surface area (Å²) in [5.74, 6) is -1.28. The molecule has 4 aromatic rings. The number of nitrogens with one attached hydrogen (secondary N) is 2. The van der Waals surface area contributed by atoms with Gasteiger partial charge >= 0.3 is 0 Å². The Bertz CT molecular complexity index is 1840. The molecule has 1 aliphatic rings. The van der Waals surface area contributed by atoms with Crippen LogP contribution in [0.2, 0.25) is 10.0 Å². The van der Waals surface area contributed by atoms with E-state index >= 15 is 0 Å². The Morgan fingerprint density at radius 1 is 0.956 bits per heavy atom. The van der Waals surface area contributed by atoms with E-state index in [1.807, 2.05) is 0 Å². The molecule has 8 nitrogen and oxygen atoms in total. The largest absolute Gasteiger partial charge is 0.496 e. The lowest BCUT2D eigenvalue weighted by molar-refractivity contribution is -0.121. The van der Waals surface area contributed by atoms with Crippen molar-refractivity contribution in [1.29, 1.82) is 0 Å². The molecule has 12 heteroatoms. The van der Waals surface area contributed by atoms with Gasteiger partial charge in [0.1, 0.15) is 11.4 Å². The second kappa shape index (κ2) is 14.3. The number of methoxy groups -OCH3 is 1. The molecule has 1 aliphatic heterocycles. The maximum atomic E-state index is 13.6. The van der Waals surface area contributed by atoms with E-state index in [1.165, 1.54) is 37.1 Å². The van der Waals surface area contributed by atoms with Crippen LogP contribution in [0.25, 0.3) is 6.08 Å². The molecule has 1 heterocycles. The molecular formula is C33H24BrCl2N3O5S. The van der Waals surface area contributed by atoms with E-state index in [0.717, 1.165) is 9.37 Å². The van der Waals surface area contributed by atoms with E-state index in [1.54, 1.807) is 78.9 Å². The molecule has 0 unspecified atom stereocenters. The lowest BCUT2D eigenvalue weighted by atomic mass is 10.1. The summed E-state index contributed by atoms with van der Waals surface area (Å²) >= 11 is 16.7. The van der Waals surface area contributed by atoms with Crippen molar-refractivity contribution in [2.45, 2.75) is 16.6 Å². The van der Waals surface area contributed by atoms with Crippen molar-refractivity contribution in [2.75, 3.05) is 17.3 Å². The minimum atomic E-state index is -0.678. The Hall–Kier alpha value is -4.09. The van der Waals surface area contributed by atoms with Crippen LogP contribution in [0.4, 0.5) is 11.4 Å². The van der Waals surface area contributed by atoms with E-state index in [9.17, 15) is 19.2 Å². The van der Waals surface area contributed by atoms with Crippen LogP contribution >= 0.6 is 50.9 Å². The van der Waals surface area contributed by atoms with Crippen LogP contribution in [0.15, 0.2) is 106 Å². The average Bonchev–Trinajstić information content (AvgIpc) is 3.30. The van der Waals surface area contributed by atoms with Gasteiger partial charge in [-0.05, 0) is 72.8 Å². The van der Waals surface area contributed by atoms with Crippen molar-refractivity contribution >= 4 is 92.0 Å². The van der Waals surface area contributed by atoms with Crippen LogP contribution < -0.4 is 20.3 Å². The van der Waals surface area contributed by atoms with Gasteiger partial charge in [0.15, 0.2) is 0 Å². The number of anilines is 2. The number of carbonyl (C=O) groups excluding carboxylic acids is 4. The quantitative estimate of drug-likeness (QED) is 0.136. The number of amides is 4. The average molecular weight is 725 g/mol. The van der Waals surface area contributed by atoms with E-state index in [-0.39, 0.29) is 29.0 Å². The van der Waals surface area contributed by atoms with Crippen molar-refractivity contribution in [3.8, 4) is 5.75 Å². The minimum absolute atomic E-state index is 0.00674. The Morgan fingerprint density at radius 2 is 1.73 bits per heavy atom. The second-order valence-electron chi connectivity index (χ2n) is 9.72. The van der Waals surface area contributed by atoms with Crippen molar-refractivity contribution in [2.24, 2.45) is 0 Å². The predicted molar refractivity (Wildman–Crippen MR) is 181 cm³/mol. The molecule has 2 N–H and O–H groups in total. The summed E-state index contributed by atoms with van der Waals surface area (Å²) in [7, 11) is 1.51. The fourth-order valence-corrected chi connectivity index (χ4v) is 6.30. The molecule has 0 aliphatic carbocycles. The molecule has 1 fully saturated rings. The third kappa shape index (κ3) is 7.77. The number of hydrogen-bond donors (Lipinski definition) is 2. The third-order valence-corrected chi connectivity index (χ3v) is 9.07. The first-order valence-electron chi connectivity index (χ1n) is 13.4. The van der Waals surface area contributed by atoms with Crippen molar-refractivity contribution in [3.63, 3.8) is 0 Å².